The van der Waals surface area contributed by atoms with Crippen molar-refractivity contribution in [3.05, 3.63) is 24.3 Å². The molecule has 0 atom stereocenters. The molecule has 0 saturated heterocycles. The Morgan fingerprint density at radius 3 is 2.74 bits per heavy atom. The summed E-state index contributed by atoms with van der Waals surface area (Å²) in [6.45, 7) is 2.20. The zero-order valence-electron chi connectivity index (χ0n) is 11.0. The van der Waals surface area contributed by atoms with Crippen LogP contribution in [0.15, 0.2) is 24.3 Å². The lowest BCUT2D eigenvalue weighted by molar-refractivity contribution is 0.122. The Balaban J connectivity index is 1.52. The highest BCUT2D eigenvalue weighted by molar-refractivity contribution is 5.89. The van der Waals surface area contributed by atoms with Crippen LogP contribution in [-0.2, 0) is 4.74 Å². The average Bonchev–Trinajstić information content (AvgIpc) is 3.20. The van der Waals surface area contributed by atoms with Crippen LogP contribution in [0.25, 0.3) is 0 Å². The molecule has 19 heavy (non-hydrogen) atoms. The Labute approximate surface area is 113 Å². The van der Waals surface area contributed by atoms with E-state index in [1.54, 1.807) is 24.3 Å². The molecule has 1 saturated carbocycles. The number of amides is 2. The van der Waals surface area contributed by atoms with E-state index >= 15 is 0 Å². The number of rotatable bonds is 7. The number of anilines is 2. The van der Waals surface area contributed by atoms with Crippen molar-refractivity contribution >= 4 is 17.4 Å². The molecule has 0 bridgehead atoms. The molecule has 2 amide bonds. The maximum Gasteiger partial charge on any atom is 0.319 e. The first-order chi connectivity index (χ1) is 9.24. The van der Waals surface area contributed by atoms with Gasteiger partial charge in [-0.3, -0.25) is 0 Å². The molecular weight excluding hydrogens is 242 g/mol. The second-order valence-corrected chi connectivity index (χ2v) is 4.87. The molecule has 1 aromatic carbocycles. The van der Waals surface area contributed by atoms with Gasteiger partial charge in [0.2, 0.25) is 0 Å². The fourth-order valence-corrected chi connectivity index (χ4v) is 1.65. The molecule has 0 unspecified atom stereocenters. The first-order valence-corrected chi connectivity index (χ1v) is 6.72. The highest BCUT2D eigenvalue weighted by Gasteiger charge is 2.20. The van der Waals surface area contributed by atoms with Crippen LogP contribution in [0.5, 0.6) is 0 Å². The summed E-state index contributed by atoms with van der Waals surface area (Å²) in [6, 6.07) is 6.84. The molecule has 0 radical (unpaired) electrons. The van der Waals surface area contributed by atoms with Crippen LogP contribution < -0.4 is 16.4 Å². The molecule has 1 aliphatic rings. The first kappa shape index (κ1) is 13.7. The summed E-state index contributed by atoms with van der Waals surface area (Å²) >= 11 is 0. The van der Waals surface area contributed by atoms with Gasteiger partial charge >= 0.3 is 6.03 Å². The molecule has 0 aliphatic heterocycles. The third-order valence-corrected chi connectivity index (χ3v) is 2.97. The monoisotopic (exact) mass is 263 g/mol. The highest BCUT2D eigenvalue weighted by Crippen LogP contribution is 2.28. The predicted molar refractivity (Wildman–Crippen MR) is 76.0 cm³/mol. The molecule has 1 aliphatic carbocycles. The lowest BCUT2D eigenvalue weighted by Gasteiger charge is -2.08. The standard InChI is InChI=1S/C14H21N3O2/c15-12-4-6-13(7-5-12)17-14(18)16-8-1-9-19-10-11-2-3-11/h4-7,11H,1-3,8-10,15H2,(H2,16,17,18). The summed E-state index contributed by atoms with van der Waals surface area (Å²) in [5.41, 5.74) is 6.98. The van der Waals surface area contributed by atoms with E-state index < -0.39 is 0 Å². The number of hydrogen-bond donors (Lipinski definition) is 3. The number of carbonyl (C=O) groups is 1. The van der Waals surface area contributed by atoms with Gasteiger partial charge in [-0.25, -0.2) is 4.79 Å². The van der Waals surface area contributed by atoms with E-state index in [9.17, 15) is 4.79 Å². The van der Waals surface area contributed by atoms with Crippen LogP contribution in [0.4, 0.5) is 16.2 Å². The number of carbonyl (C=O) groups excluding carboxylic acids is 1. The molecule has 1 aromatic rings. The molecule has 4 N–H and O–H groups in total. The third-order valence-electron chi connectivity index (χ3n) is 2.97. The van der Waals surface area contributed by atoms with E-state index in [4.69, 9.17) is 10.5 Å². The zero-order chi connectivity index (χ0) is 13.5. The van der Waals surface area contributed by atoms with Gasteiger partial charge < -0.3 is 21.1 Å². The van der Waals surface area contributed by atoms with Gasteiger partial charge in [-0.05, 0) is 49.4 Å². The van der Waals surface area contributed by atoms with Crippen molar-refractivity contribution in [1.29, 1.82) is 0 Å². The summed E-state index contributed by atoms with van der Waals surface area (Å²) in [5.74, 6) is 0.793. The van der Waals surface area contributed by atoms with Gasteiger partial charge in [0.25, 0.3) is 0 Å². The summed E-state index contributed by atoms with van der Waals surface area (Å²) in [6.07, 6.45) is 3.45. The van der Waals surface area contributed by atoms with Crippen molar-refractivity contribution in [3.63, 3.8) is 0 Å². The lowest BCUT2D eigenvalue weighted by atomic mass is 10.3. The fraction of sp³-hybridized carbons (Fsp3) is 0.500. The minimum atomic E-state index is -0.202. The van der Waals surface area contributed by atoms with Crippen LogP contribution >= 0.6 is 0 Å². The molecule has 1 fully saturated rings. The predicted octanol–water partition coefficient (Wildman–Crippen LogP) is 2.21. The smallest absolute Gasteiger partial charge is 0.319 e. The number of nitrogens with two attached hydrogens (primary N) is 1. The number of ether oxygens (including phenoxy) is 1. The van der Waals surface area contributed by atoms with Crippen LogP contribution in [0.1, 0.15) is 19.3 Å². The second-order valence-electron chi connectivity index (χ2n) is 4.87. The fourth-order valence-electron chi connectivity index (χ4n) is 1.65. The molecule has 5 heteroatoms. The Morgan fingerprint density at radius 1 is 1.32 bits per heavy atom. The number of hydrogen-bond acceptors (Lipinski definition) is 3. The van der Waals surface area contributed by atoms with Crippen molar-refractivity contribution in [2.75, 3.05) is 30.8 Å². The number of nitrogens with one attached hydrogen (secondary N) is 2. The normalized spacial score (nSPS) is 14.1. The maximum atomic E-state index is 11.6. The van der Waals surface area contributed by atoms with E-state index in [1.165, 1.54) is 12.8 Å². The third kappa shape index (κ3) is 5.61. The second kappa shape index (κ2) is 6.99. The minimum Gasteiger partial charge on any atom is -0.399 e. The van der Waals surface area contributed by atoms with Gasteiger partial charge in [-0.1, -0.05) is 0 Å². The van der Waals surface area contributed by atoms with Crippen molar-refractivity contribution in [1.82, 2.24) is 5.32 Å². The Morgan fingerprint density at radius 2 is 2.05 bits per heavy atom. The molecule has 2 rings (SSSR count). The highest BCUT2D eigenvalue weighted by atomic mass is 16.5. The number of nitrogen functional groups attached to an aromatic ring is 1. The number of urea groups is 1. The SMILES string of the molecule is Nc1ccc(NC(=O)NCCCOCC2CC2)cc1. The molecule has 0 heterocycles. The van der Waals surface area contributed by atoms with Crippen LogP contribution in [0.3, 0.4) is 0 Å². The topological polar surface area (TPSA) is 76.4 Å². The summed E-state index contributed by atoms with van der Waals surface area (Å²) in [7, 11) is 0. The Bertz CT molecular complexity index is 402. The Kier molecular flexibility index (Phi) is 5.03. The minimum absolute atomic E-state index is 0.202. The van der Waals surface area contributed by atoms with E-state index in [-0.39, 0.29) is 6.03 Å². The van der Waals surface area contributed by atoms with Crippen LogP contribution in [0.2, 0.25) is 0 Å². The van der Waals surface area contributed by atoms with Crippen LogP contribution in [0, 0.1) is 5.92 Å². The molecule has 104 valence electrons. The van der Waals surface area contributed by atoms with E-state index in [0.717, 1.165) is 24.6 Å². The molecule has 0 spiro atoms. The Hall–Kier alpha value is -1.75. The molecule has 0 aromatic heterocycles. The van der Waals surface area contributed by atoms with Gasteiger partial charge in [0, 0.05) is 31.1 Å². The summed E-state index contributed by atoms with van der Waals surface area (Å²) < 4.78 is 5.49. The average molecular weight is 263 g/mol. The van der Waals surface area contributed by atoms with E-state index in [2.05, 4.69) is 10.6 Å². The van der Waals surface area contributed by atoms with E-state index in [1.807, 2.05) is 0 Å². The zero-order valence-corrected chi connectivity index (χ0v) is 11.0. The number of benzene rings is 1. The van der Waals surface area contributed by atoms with Crippen molar-refractivity contribution in [2.24, 2.45) is 5.92 Å². The summed E-state index contributed by atoms with van der Waals surface area (Å²) in [4.78, 5) is 11.6. The van der Waals surface area contributed by atoms with Gasteiger partial charge in [-0.15, -0.1) is 0 Å². The molecule has 5 nitrogen and oxygen atoms in total. The van der Waals surface area contributed by atoms with Gasteiger partial charge in [0.1, 0.15) is 0 Å². The van der Waals surface area contributed by atoms with Gasteiger partial charge in [0.15, 0.2) is 0 Å². The van der Waals surface area contributed by atoms with Gasteiger partial charge in [-0.2, -0.15) is 0 Å². The maximum absolute atomic E-state index is 11.6. The lowest BCUT2D eigenvalue weighted by Crippen LogP contribution is -2.30. The van der Waals surface area contributed by atoms with Crippen molar-refractivity contribution in [2.45, 2.75) is 19.3 Å². The summed E-state index contributed by atoms with van der Waals surface area (Å²) in [5, 5.41) is 5.53. The first-order valence-electron chi connectivity index (χ1n) is 6.72. The van der Waals surface area contributed by atoms with Gasteiger partial charge in [0.05, 0.1) is 0 Å². The van der Waals surface area contributed by atoms with Crippen molar-refractivity contribution < 1.29 is 9.53 Å². The van der Waals surface area contributed by atoms with Crippen LogP contribution in [-0.4, -0.2) is 25.8 Å². The largest absolute Gasteiger partial charge is 0.399 e. The quantitative estimate of drug-likeness (QED) is 0.521. The molecular formula is C14H21N3O2. The van der Waals surface area contributed by atoms with Crippen molar-refractivity contribution in [3.8, 4) is 0 Å². The van der Waals surface area contributed by atoms with E-state index in [0.29, 0.717) is 18.8 Å².